The normalized spacial score (nSPS) is 12.1. The van der Waals surface area contributed by atoms with E-state index in [4.69, 9.17) is 9.47 Å². The van der Waals surface area contributed by atoms with Crippen LogP contribution in [-0.2, 0) is 37.4 Å². The second-order valence-corrected chi connectivity index (χ2v) is 14.5. The zero-order valence-corrected chi connectivity index (χ0v) is 27.7. The lowest BCUT2D eigenvalue weighted by molar-refractivity contribution is -0.153. The van der Waals surface area contributed by atoms with Crippen molar-refractivity contribution in [3.8, 4) is 11.3 Å². The molecule has 11 nitrogen and oxygen atoms in total. The average molecular weight is 646 g/mol. The molecule has 242 valence electrons. The maximum absolute atomic E-state index is 13.9. The first-order valence-electron chi connectivity index (χ1n) is 14.7. The van der Waals surface area contributed by atoms with Crippen molar-refractivity contribution in [2.75, 3.05) is 11.4 Å². The Kier molecular flexibility index (Phi) is 10.5. The number of aromatic nitrogens is 3. The van der Waals surface area contributed by atoms with Gasteiger partial charge in [0.2, 0.25) is 10.0 Å². The maximum Gasteiger partial charge on any atom is 0.416 e. The highest BCUT2D eigenvalue weighted by Crippen LogP contribution is 2.24. The molecule has 0 aliphatic carbocycles. The summed E-state index contributed by atoms with van der Waals surface area (Å²) in [6.45, 7) is 9.75. The van der Waals surface area contributed by atoms with Crippen molar-refractivity contribution in [3.63, 3.8) is 0 Å². The molecule has 3 aromatic heterocycles. The molecule has 0 saturated carbocycles. The number of hydrogen-bond donors (Lipinski definition) is 0. The molecule has 0 radical (unpaired) electrons. The van der Waals surface area contributed by atoms with Gasteiger partial charge in [0.1, 0.15) is 28.5 Å². The van der Waals surface area contributed by atoms with Crippen LogP contribution >= 0.6 is 0 Å². The Morgan fingerprint density at radius 2 is 1.50 bits per heavy atom. The van der Waals surface area contributed by atoms with Crippen molar-refractivity contribution in [2.24, 2.45) is 0 Å². The Bertz CT molecular complexity index is 1740. The van der Waals surface area contributed by atoms with Crippen LogP contribution < -0.4 is 4.90 Å². The van der Waals surface area contributed by atoms with Crippen LogP contribution in [0.15, 0.2) is 96.3 Å². The number of carbonyl (C=O) groups excluding carboxylic acids is 2. The van der Waals surface area contributed by atoms with Gasteiger partial charge in [-0.05, 0) is 83.5 Å². The van der Waals surface area contributed by atoms with Gasteiger partial charge in [-0.15, -0.1) is 0 Å². The van der Waals surface area contributed by atoms with Gasteiger partial charge in [0.15, 0.2) is 0 Å². The zero-order chi connectivity index (χ0) is 33.5. The average Bonchev–Trinajstić information content (AvgIpc) is 2.99. The second-order valence-electron chi connectivity index (χ2n) is 12.5. The molecule has 0 spiro atoms. The Hall–Kier alpha value is -4.68. The lowest BCUT2D eigenvalue weighted by Crippen LogP contribution is -2.42. The van der Waals surface area contributed by atoms with Crippen molar-refractivity contribution >= 4 is 27.9 Å². The summed E-state index contributed by atoms with van der Waals surface area (Å²) in [4.78, 5) is 40.1. The topological polar surface area (TPSA) is 132 Å². The quantitative estimate of drug-likeness (QED) is 0.190. The van der Waals surface area contributed by atoms with E-state index in [2.05, 4.69) is 15.0 Å². The fourth-order valence-electron chi connectivity index (χ4n) is 4.34. The van der Waals surface area contributed by atoms with E-state index in [0.717, 1.165) is 21.7 Å². The fraction of sp³-hybridized carbons (Fsp3) is 0.324. The van der Waals surface area contributed by atoms with Gasteiger partial charge in [-0.2, -0.15) is 4.31 Å². The van der Waals surface area contributed by atoms with Crippen molar-refractivity contribution in [2.45, 2.75) is 70.7 Å². The smallest absolute Gasteiger partial charge is 0.416 e. The second kappa shape index (κ2) is 14.2. The largest absolute Gasteiger partial charge is 0.459 e. The SMILES string of the molecule is CC(C)(C)OC(=O)CN(C(=O)OC(C)(C)C)c1cccc(CN(Cc2ccc(-c3ccccn3)cc2)S(=O)(=O)c2cccnc2)n1. The molecule has 1 aromatic carbocycles. The number of ether oxygens (including phenoxy) is 2. The van der Waals surface area contributed by atoms with Crippen molar-refractivity contribution in [1.82, 2.24) is 19.3 Å². The predicted molar refractivity (Wildman–Crippen MR) is 174 cm³/mol. The Morgan fingerprint density at radius 3 is 2.11 bits per heavy atom. The van der Waals surface area contributed by atoms with Crippen LogP contribution in [0.3, 0.4) is 0 Å². The summed E-state index contributed by atoms with van der Waals surface area (Å²) in [7, 11) is -4.03. The Morgan fingerprint density at radius 1 is 0.783 bits per heavy atom. The molecule has 0 aliphatic rings. The van der Waals surface area contributed by atoms with Crippen LogP contribution in [0.5, 0.6) is 0 Å². The molecular weight excluding hydrogens is 606 g/mol. The highest BCUT2D eigenvalue weighted by atomic mass is 32.2. The van der Waals surface area contributed by atoms with Gasteiger partial charge in [0.05, 0.1) is 17.9 Å². The van der Waals surface area contributed by atoms with Crippen LogP contribution in [0.2, 0.25) is 0 Å². The van der Waals surface area contributed by atoms with E-state index < -0.39 is 39.8 Å². The molecule has 3 heterocycles. The number of pyridine rings is 3. The number of benzene rings is 1. The van der Waals surface area contributed by atoms with E-state index in [0.29, 0.717) is 5.69 Å². The highest BCUT2D eigenvalue weighted by Gasteiger charge is 2.30. The highest BCUT2D eigenvalue weighted by molar-refractivity contribution is 7.89. The molecule has 0 fully saturated rings. The van der Waals surface area contributed by atoms with Gasteiger partial charge in [0, 0.05) is 30.7 Å². The molecule has 0 N–H and O–H groups in total. The van der Waals surface area contributed by atoms with Crippen LogP contribution in [0.25, 0.3) is 11.3 Å². The Balaban J connectivity index is 1.67. The van der Waals surface area contributed by atoms with E-state index in [1.165, 1.54) is 22.8 Å². The minimum absolute atomic E-state index is 0.0246. The third-order valence-electron chi connectivity index (χ3n) is 6.27. The summed E-state index contributed by atoms with van der Waals surface area (Å²) in [5.41, 5.74) is 1.16. The third-order valence-corrected chi connectivity index (χ3v) is 8.05. The molecule has 4 rings (SSSR count). The lowest BCUT2D eigenvalue weighted by atomic mass is 10.1. The van der Waals surface area contributed by atoms with E-state index >= 15 is 0 Å². The molecule has 12 heteroatoms. The Labute approximate surface area is 270 Å². The van der Waals surface area contributed by atoms with Gasteiger partial charge in [-0.25, -0.2) is 18.2 Å². The zero-order valence-electron chi connectivity index (χ0n) is 26.9. The molecule has 0 unspecified atom stereocenters. The van der Waals surface area contributed by atoms with Gasteiger partial charge < -0.3 is 9.47 Å². The molecular formula is C34H39N5O6S. The predicted octanol–water partition coefficient (Wildman–Crippen LogP) is 6.01. The molecule has 0 aliphatic heterocycles. The first kappa shape index (κ1) is 34.2. The summed E-state index contributed by atoms with van der Waals surface area (Å²) in [6.07, 6.45) is 3.71. The third kappa shape index (κ3) is 9.66. The monoisotopic (exact) mass is 645 g/mol. The summed E-state index contributed by atoms with van der Waals surface area (Å²) in [5, 5.41) is 0. The van der Waals surface area contributed by atoms with Crippen LogP contribution in [-0.4, -0.2) is 57.5 Å². The summed E-state index contributed by atoms with van der Waals surface area (Å²) >= 11 is 0. The summed E-state index contributed by atoms with van der Waals surface area (Å²) in [6, 6.07) is 21.0. The van der Waals surface area contributed by atoms with E-state index in [-0.39, 0.29) is 23.8 Å². The number of carbonyl (C=O) groups is 2. The minimum atomic E-state index is -4.03. The van der Waals surface area contributed by atoms with Gasteiger partial charge in [-0.3, -0.25) is 19.7 Å². The summed E-state index contributed by atoms with van der Waals surface area (Å²) in [5.74, 6) is -0.545. The summed E-state index contributed by atoms with van der Waals surface area (Å²) < 4.78 is 40.1. The van der Waals surface area contributed by atoms with E-state index in [1.807, 2.05) is 42.5 Å². The first-order chi connectivity index (χ1) is 21.6. The minimum Gasteiger partial charge on any atom is -0.459 e. The number of rotatable bonds is 10. The molecule has 0 bridgehead atoms. The van der Waals surface area contributed by atoms with Gasteiger partial charge in [-0.1, -0.05) is 36.4 Å². The number of nitrogens with zero attached hydrogens (tertiary/aromatic N) is 5. The van der Waals surface area contributed by atoms with Crippen LogP contribution in [0.1, 0.15) is 52.8 Å². The fourth-order valence-corrected chi connectivity index (χ4v) is 5.70. The van der Waals surface area contributed by atoms with Crippen molar-refractivity contribution < 1.29 is 27.5 Å². The molecule has 1 amide bonds. The molecule has 46 heavy (non-hydrogen) atoms. The number of sulfonamides is 1. The number of hydrogen-bond acceptors (Lipinski definition) is 9. The molecule has 0 saturated heterocycles. The van der Waals surface area contributed by atoms with Gasteiger partial charge in [0.25, 0.3) is 0 Å². The first-order valence-corrected chi connectivity index (χ1v) is 16.1. The number of anilines is 1. The molecule has 0 atom stereocenters. The van der Waals surface area contributed by atoms with Crippen molar-refractivity contribution in [1.29, 1.82) is 0 Å². The standard InChI is InChI=1S/C34H39N5O6S/c1-33(2,3)44-31(40)24-39(32(41)45-34(4,5)6)30-14-9-11-27(37-30)23-38(46(42,43)28-12-10-19-35-21-28)22-25-15-17-26(18-16-25)29-13-7-8-20-36-29/h7-21H,22-24H2,1-6H3. The van der Waals surface area contributed by atoms with Crippen LogP contribution in [0.4, 0.5) is 10.6 Å². The van der Waals surface area contributed by atoms with Crippen molar-refractivity contribution in [3.05, 3.63) is 103 Å². The van der Waals surface area contributed by atoms with E-state index in [9.17, 15) is 18.0 Å². The van der Waals surface area contributed by atoms with Gasteiger partial charge >= 0.3 is 12.1 Å². The number of amides is 1. The lowest BCUT2D eigenvalue weighted by Gasteiger charge is -2.28. The van der Waals surface area contributed by atoms with Crippen LogP contribution in [0, 0.1) is 0 Å². The van der Waals surface area contributed by atoms with E-state index in [1.54, 1.807) is 72.0 Å². The maximum atomic E-state index is 13.9. The number of esters is 1. The molecule has 4 aromatic rings.